The lowest BCUT2D eigenvalue weighted by Crippen LogP contribution is -2.38. The number of nitrogens with zero attached hydrogens (tertiary/aromatic N) is 2. The Hall–Kier alpha value is -2.32. The number of piperidine rings is 1. The standard InChI is InChI=1S/C19H25N3O2/c1-4-10-22-11-8-17(9-12-22)19(24)20-18-7-5-6-16(13-18)14-21(3)15(2)23/h1,5-7,13,17H,8-12,14H2,2-3H3,(H,20,24). The fourth-order valence-electron chi connectivity index (χ4n) is 2.86. The highest BCUT2D eigenvalue weighted by Crippen LogP contribution is 2.20. The molecule has 5 nitrogen and oxygen atoms in total. The van der Waals surface area contributed by atoms with Crippen molar-refractivity contribution in [2.24, 2.45) is 5.92 Å². The highest BCUT2D eigenvalue weighted by atomic mass is 16.2. The van der Waals surface area contributed by atoms with Crippen LogP contribution in [-0.2, 0) is 16.1 Å². The van der Waals surface area contributed by atoms with Gasteiger partial charge in [0, 0.05) is 32.1 Å². The largest absolute Gasteiger partial charge is 0.342 e. The monoisotopic (exact) mass is 327 g/mol. The summed E-state index contributed by atoms with van der Waals surface area (Å²) in [6.45, 7) is 4.46. The molecule has 1 aliphatic heterocycles. The molecular formula is C19H25N3O2. The third-order valence-electron chi connectivity index (χ3n) is 4.43. The number of nitrogens with one attached hydrogen (secondary N) is 1. The van der Waals surface area contributed by atoms with Gasteiger partial charge in [0.25, 0.3) is 0 Å². The molecule has 0 bridgehead atoms. The summed E-state index contributed by atoms with van der Waals surface area (Å²) in [5.74, 6) is 2.76. The van der Waals surface area contributed by atoms with Crippen LogP contribution < -0.4 is 5.32 Å². The highest BCUT2D eigenvalue weighted by molar-refractivity contribution is 5.92. The summed E-state index contributed by atoms with van der Waals surface area (Å²) >= 11 is 0. The number of benzene rings is 1. The minimum Gasteiger partial charge on any atom is -0.342 e. The number of anilines is 1. The van der Waals surface area contributed by atoms with Crippen molar-refractivity contribution in [2.45, 2.75) is 26.3 Å². The van der Waals surface area contributed by atoms with Gasteiger partial charge < -0.3 is 10.2 Å². The lowest BCUT2D eigenvalue weighted by atomic mass is 9.96. The second kappa shape index (κ2) is 8.51. The van der Waals surface area contributed by atoms with E-state index in [2.05, 4.69) is 16.1 Å². The van der Waals surface area contributed by atoms with Crippen molar-refractivity contribution in [3.05, 3.63) is 29.8 Å². The van der Waals surface area contributed by atoms with Crippen LogP contribution in [0.5, 0.6) is 0 Å². The molecule has 1 fully saturated rings. The first-order valence-corrected chi connectivity index (χ1v) is 8.27. The van der Waals surface area contributed by atoms with Crippen LogP contribution in [0, 0.1) is 18.3 Å². The van der Waals surface area contributed by atoms with Crippen LogP contribution in [0.4, 0.5) is 5.69 Å². The average molecular weight is 327 g/mol. The smallest absolute Gasteiger partial charge is 0.227 e. The van der Waals surface area contributed by atoms with Crippen molar-refractivity contribution in [1.29, 1.82) is 0 Å². The number of hydrogen-bond donors (Lipinski definition) is 1. The van der Waals surface area contributed by atoms with Crippen molar-refractivity contribution in [2.75, 3.05) is 32.0 Å². The maximum atomic E-state index is 12.4. The van der Waals surface area contributed by atoms with Crippen molar-refractivity contribution >= 4 is 17.5 Å². The van der Waals surface area contributed by atoms with Gasteiger partial charge in [-0.05, 0) is 43.6 Å². The molecule has 2 amide bonds. The molecule has 0 saturated carbocycles. The number of amides is 2. The third-order valence-corrected chi connectivity index (χ3v) is 4.43. The van der Waals surface area contributed by atoms with Crippen molar-refractivity contribution in [3.8, 4) is 12.3 Å². The number of terminal acetylenes is 1. The summed E-state index contributed by atoms with van der Waals surface area (Å²) in [7, 11) is 1.76. The van der Waals surface area contributed by atoms with Crippen LogP contribution in [0.2, 0.25) is 0 Å². The zero-order chi connectivity index (χ0) is 17.5. The maximum absolute atomic E-state index is 12.4. The first kappa shape index (κ1) is 18.0. The maximum Gasteiger partial charge on any atom is 0.227 e. The molecule has 0 atom stereocenters. The lowest BCUT2D eigenvalue weighted by molar-refractivity contribution is -0.128. The van der Waals surface area contributed by atoms with Crippen LogP contribution >= 0.6 is 0 Å². The van der Waals surface area contributed by atoms with E-state index in [4.69, 9.17) is 6.42 Å². The van der Waals surface area contributed by atoms with E-state index in [0.29, 0.717) is 13.1 Å². The molecule has 1 aliphatic rings. The van der Waals surface area contributed by atoms with E-state index in [1.807, 2.05) is 24.3 Å². The summed E-state index contributed by atoms with van der Waals surface area (Å²) < 4.78 is 0. The molecule has 1 heterocycles. The SMILES string of the molecule is C#CCN1CCC(C(=O)Nc2cccc(CN(C)C(C)=O)c2)CC1. The van der Waals surface area contributed by atoms with E-state index in [1.165, 1.54) is 6.92 Å². The van der Waals surface area contributed by atoms with Gasteiger partial charge in [0.2, 0.25) is 11.8 Å². The van der Waals surface area contributed by atoms with Gasteiger partial charge in [-0.3, -0.25) is 14.5 Å². The molecule has 1 N–H and O–H groups in total. The molecule has 1 aromatic rings. The minimum atomic E-state index is 0.0168. The third kappa shape index (κ3) is 5.10. The summed E-state index contributed by atoms with van der Waals surface area (Å²) in [6, 6.07) is 7.65. The Morgan fingerprint density at radius 2 is 2.08 bits per heavy atom. The first-order chi connectivity index (χ1) is 11.5. The molecule has 0 unspecified atom stereocenters. The molecule has 0 aliphatic carbocycles. The second-order valence-electron chi connectivity index (χ2n) is 6.32. The predicted octanol–water partition coefficient (Wildman–Crippen LogP) is 1.95. The first-order valence-electron chi connectivity index (χ1n) is 8.27. The predicted molar refractivity (Wildman–Crippen MR) is 95.2 cm³/mol. The molecule has 24 heavy (non-hydrogen) atoms. The Balaban J connectivity index is 1.90. The fourth-order valence-corrected chi connectivity index (χ4v) is 2.86. The van der Waals surface area contributed by atoms with Crippen LogP contribution in [0.25, 0.3) is 0 Å². The number of likely N-dealkylation sites (tertiary alicyclic amines) is 1. The fraction of sp³-hybridized carbons (Fsp3) is 0.474. The Kier molecular flexibility index (Phi) is 6.39. The zero-order valence-corrected chi connectivity index (χ0v) is 14.4. The Bertz CT molecular complexity index is 628. The van der Waals surface area contributed by atoms with Gasteiger partial charge in [-0.15, -0.1) is 6.42 Å². The van der Waals surface area contributed by atoms with E-state index in [1.54, 1.807) is 11.9 Å². The minimum absolute atomic E-state index is 0.0168. The van der Waals surface area contributed by atoms with Crippen LogP contribution in [-0.4, -0.2) is 48.3 Å². The number of carbonyl (C=O) groups is 2. The summed E-state index contributed by atoms with van der Waals surface area (Å²) in [4.78, 5) is 27.6. The average Bonchev–Trinajstić information content (AvgIpc) is 2.56. The van der Waals surface area contributed by atoms with E-state index in [-0.39, 0.29) is 17.7 Å². The highest BCUT2D eigenvalue weighted by Gasteiger charge is 2.24. The zero-order valence-electron chi connectivity index (χ0n) is 14.4. The van der Waals surface area contributed by atoms with E-state index >= 15 is 0 Å². The van der Waals surface area contributed by atoms with E-state index in [9.17, 15) is 9.59 Å². The van der Waals surface area contributed by atoms with Gasteiger partial charge in [0.15, 0.2) is 0 Å². The van der Waals surface area contributed by atoms with Gasteiger partial charge in [0.05, 0.1) is 6.54 Å². The van der Waals surface area contributed by atoms with Gasteiger partial charge in [-0.25, -0.2) is 0 Å². The Morgan fingerprint density at radius 1 is 1.38 bits per heavy atom. The quantitative estimate of drug-likeness (QED) is 0.841. The van der Waals surface area contributed by atoms with E-state index < -0.39 is 0 Å². The van der Waals surface area contributed by atoms with Crippen molar-refractivity contribution in [3.63, 3.8) is 0 Å². The van der Waals surface area contributed by atoms with Crippen LogP contribution in [0.15, 0.2) is 24.3 Å². The topological polar surface area (TPSA) is 52.7 Å². The summed E-state index contributed by atoms with van der Waals surface area (Å²) in [5.41, 5.74) is 1.77. The molecule has 0 spiro atoms. The second-order valence-corrected chi connectivity index (χ2v) is 6.32. The lowest BCUT2D eigenvalue weighted by Gasteiger charge is -2.29. The molecule has 1 aromatic carbocycles. The molecular weight excluding hydrogens is 302 g/mol. The Morgan fingerprint density at radius 3 is 2.71 bits per heavy atom. The van der Waals surface area contributed by atoms with E-state index in [0.717, 1.165) is 37.2 Å². The normalized spacial score (nSPS) is 15.5. The Labute approximate surface area is 144 Å². The van der Waals surface area contributed by atoms with Gasteiger partial charge in [-0.2, -0.15) is 0 Å². The van der Waals surface area contributed by atoms with Gasteiger partial charge in [-0.1, -0.05) is 18.1 Å². The number of carbonyl (C=O) groups excluding carboxylic acids is 2. The molecule has 5 heteroatoms. The van der Waals surface area contributed by atoms with Gasteiger partial charge in [0.1, 0.15) is 0 Å². The molecule has 1 saturated heterocycles. The van der Waals surface area contributed by atoms with Crippen LogP contribution in [0.1, 0.15) is 25.3 Å². The van der Waals surface area contributed by atoms with Crippen LogP contribution in [0.3, 0.4) is 0 Å². The molecule has 2 rings (SSSR count). The van der Waals surface area contributed by atoms with Crippen molar-refractivity contribution in [1.82, 2.24) is 9.80 Å². The summed E-state index contributed by atoms with van der Waals surface area (Å²) in [6.07, 6.45) is 6.99. The summed E-state index contributed by atoms with van der Waals surface area (Å²) in [5, 5.41) is 3.00. The molecule has 0 radical (unpaired) electrons. The van der Waals surface area contributed by atoms with Crippen molar-refractivity contribution < 1.29 is 9.59 Å². The number of rotatable bonds is 5. The molecule has 0 aromatic heterocycles. The number of hydrogen-bond acceptors (Lipinski definition) is 3. The van der Waals surface area contributed by atoms with Gasteiger partial charge >= 0.3 is 0 Å². The molecule has 128 valence electrons.